The molecule has 1 N–H and O–H groups in total. The molecule has 1 heterocycles. The van der Waals surface area contributed by atoms with Gasteiger partial charge in [0.05, 0.1) is 6.21 Å². The van der Waals surface area contributed by atoms with Gasteiger partial charge in [0.15, 0.2) is 0 Å². The lowest BCUT2D eigenvalue weighted by atomic mass is 10.1. The fourth-order valence-corrected chi connectivity index (χ4v) is 1.59. The number of hydrazone groups is 1. The fraction of sp³-hybridized carbons (Fsp3) is 0.133. The number of nitrogens with one attached hydrogen (secondary N) is 1. The van der Waals surface area contributed by atoms with E-state index in [1.165, 1.54) is 0 Å². The van der Waals surface area contributed by atoms with Crippen LogP contribution in [0.1, 0.15) is 17.5 Å². The van der Waals surface area contributed by atoms with Crippen molar-refractivity contribution in [2.45, 2.75) is 12.8 Å². The maximum atomic E-state index is 11.6. The third-order valence-corrected chi connectivity index (χ3v) is 2.57. The molecule has 0 radical (unpaired) electrons. The van der Waals surface area contributed by atoms with Crippen LogP contribution in [0, 0.1) is 0 Å². The number of aromatic nitrogens is 1. The highest BCUT2D eigenvalue weighted by atomic mass is 16.2. The molecule has 0 fully saturated rings. The zero-order valence-electron chi connectivity index (χ0n) is 10.5. The van der Waals surface area contributed by atoms with Gasteiger partial charge in [-0.25, -0.2) is 5.43 Å². The first-order valence-electron chi connectivity index (χ1n) is 6.10. The first-order chi connectivity index (χ1) is 9.34. The highest BCUT2D eigenvalue weighted by Gasteiger charge is 2.00. The summed E-state index contributed by atoms with van der Waals surface area (Å²) in [5.41, 5.74) is 4.50. The highest BCUT2D eigenvalue weighted by Crippen LogP contribution is 2.01. The Hall–Kier alpha value is -2.49. The smallest absolute Gasteiger partial charge is 0.240 e. The van der Waals surface area contributed by atoms with E-state index in [2.05, 4.69) is 15.5 Å². The van der Waals surface area contributed by atoms with Crippen LogP contribution in [-0.2, 0) is 11.2 Å². The first kappa shape index (κ1) is 13.0. The van der Waals surface area contributed by atoms with Crippen LogP contribution in [0.4, 0.5) is 0 Å². The van der Waals surface area contributed by atoms with Gasteiger partial charge in [-0.05, 0) is 18.1 Å². The molecular weight excluding hydrogens is 238 g/mol. The van der Waals surface area contributed by atoms with Gasteiger partial charge in [0.1, 0.15) is 0 Å². The molecule has 0 aliphatic rings. The molecule has 0 spiro atoms. The topological polar surface area (TPSA) is 54.4 Å². The van der Waals surface area contributed by atoms with E-state index in [0.717, 1.165) is 17.5 Å². The van der Waals surface area contributed by atoms with Gasteiger partial charge in [0.25, 0.3) is 0 Å². The lowest BCUT2D eigenvalue weighted by Crippen LogP contribution is -2.17. The molecule has 1 aromatic carbocycles. The Bertz CT molecular complexity index is 538. The molecule has 1 aromatic heterocycles. The molecule has 0 saturated heterocycles. The van der Waals surface area contributed by atoms with Crippen molar-refractivity contribution in [2.75, 3.05) is 0 Å². The van der Waals surface area contributed by atoms with Crippen molar-refractivity contribution in [1.29, 1.82) is 0 Å². The van der Waals surface area contributed by atoms with Crippen LogP contribution in [0.2, 0.25) is 0 Å². The number of benzene rings is 1. The summed E-state index contributed by atoms with van der Waals surface area (Å²) in [6, 6.07) is 13.6. The van der Waals surface area contributed by atoms with E-state index in [1.807, 2.05) is 42.5 Å². The summed E-state index contributed by atoms with van der Waals surface area (Å²) in [5, 5.41) is 3.89. The van der Waals surface area contributed by atoms with Crippen molar-refractivity contribution in [3.63, 3.8) is 0 Å². The van der Waals surface area contributed by atoms with Crippen LogP contribution in [-0.4, -0.2) is 17.1 Å². The van der Waals surface area contributed by atoms with Gasteiger partial charge in [0, 0.05) is 24.4 Å². The van der Waals surface area contributed by atoms with Crippen LogP contribution >= 0.6 is 0 Å². The van der Waals surface area contributed by atoms with Gasteiger partial charge in [-0.2, -0.15) is 5.10 Å². The molecule has 0 atom stereocenters. The number of carbonyl (C=O) groups is 1. The molecule has 2 rings (SSSR count). The Kier molecular flexibility index (Phi) is 4.81. The van der Waals surface area contributed by atoms with Crippen LogP contribution in [0.3, 0.4) is 0 Å². The molecule has 19 heavy (non-hydrogen) atoms. The molecular formula is C15H15N3O. The van der Waals surface area contributed by atoms with E-state index in [1.54, 1.807) is 18.6 Å². The minimum atomic E-state index is -0.0935. The van der Waals surface area contributed by atoms with Gasteiger partial charge < -0.3 is 0 Å². The van der Waals surface area contributed by atoms with Crippen molar-refractivity contribution < 1.29 is 4.79 Å². The SMILES string of the molecule is O=C(CCc1ccccc1)NN=Cc1cccnc1. The summed E-state index contributed by atoms with van der Waals surface area (Å²) in [7, 11) is 0. The number of aryl methyl sites for hydroxylation is 1. The molecule has 1 amide bonds. The summed E-state index contributed by atoms with van der Waals surface area (Å²) in [6.45, 7) is 0. The summed E-state index contributed by atoms with van der Waals surface area (Å²) in [4.78, 5) is 15.5. The third kappa shape index (κ3) is 4.71. The van der Waals surface area contributed by atoms with Gasteiger partial charge in [-0.1, -0.05) is 36.4 Å². The second-order valence-corrected chi connectivity index (χ2v) is 4.07. The van der Waals surface area contributed by atoms with Crippen molar-refractivity contribution in [2.24, 2.45) is 5.10 Å². The molecule has 0 unspecified atom stereocenters. The molecule has 0 bridgehead atoms. The Morgan fingerprint density at radius 2 is 2.05 bits per heavy atom. The molecule has 0 aliphatic carbocycles. The van der Waals surface area contributed by atoms with Gasteiger partial charge in [-0.3, -0.25) is 9.78 Å². The third-order valence-electron chi connectivity index (χ3n) is 2.57. The Morgan fingerprint density at radius 3 is 2.79 bits per heavy atom. The van der Waals surface area contributed by atoms with Crippen LogP contribution in [0.5, 0.6) is 0 Å². The highest BCUT2D eigenvalue weighted by molar-refractivity contribution is 5.82. The summed E-state index contributed by atoms with van der Waals surface area (Å²) in [6.07, 6.45) is 6.09. The second-order valence-electron chi connectivity index (χ2n) is 4.07. The molecule has 4 nitrogen and oxygen atoms in total. The van der Waals surface area contributed by atoms with Crippen LogP contribution < -0.4 is 5.43 Å². The molecule has 0 saturated carbocycles. The van der Waals surface area contributed by atoms with Crippen molar-refractivity contribution in [3.05, 3.63) is 66.0 Å². The van der Waals surface area contributed by atoms with E-state index in [9.17, 15) is 4.79 Å². The van der Waals surface area contributed by atoms with Gasteiger partial charge in [-0.15, -0.1) is 0 Å². The van der Waals surface area contributed by atoms with E-state index in [-0.39, 0.29) is 5.91 Å². The molecule has 96 valence electrons. The zero-order valence-corrected chi connectivity index (χ0v) is 10.5. The Morgan fingerprint density at radius 1 is 1.21 bits per heavy atom. The van der Waals surface area contributed by atoms with Gasteiger partial charge >= 0.3 is 0 Å². The van der Waals surface area contributed by atoms with Crippen LogP contribution in [0.15, 0.2) is 60.0 Å². The number of pyridine rings is 1. The summed E-state index contributed by atoms with van der Waals surface area (Å²) < 4.78 is 0. The molecule has 2 aromatic rings. The predicted molar refractivity (Wildman–Crippen MR) is 74.7 cm³/mol. The number of nitrogens with zero attached hydrogens (tertiary/aromatic N) is 2. The quantitative estimate of drug-likeness (QED) is 0.655. The van der Waals surface area contributed by atoms with Crippen LogP contribution in [0.25, 0.3) is 0 Å². The molecule has 0 aliphatic heterocycles. The van der Waals surface area contributed by atoms with Gasteiger partial charge in [0.2, 0.25) is 5.91 Å². The summed E-state index contributed by atoms with van der Waals surface area (Å²) in [5.74, 6) is -0.0935. The normalized spacial score (nSPS) is 10.5. The largest absolute Gasteiger partial charge is 0.273 e. The number of hydrogen-bond donors (Lipinski definition) is 1. The number of rotatable bonds is 5. The minimum Gasteiger partial charge on any atom is -0.273 e. The average molecular weight is 253 g/mol. The number of amides is 1. The Labute approximate surface area is 112 Å². The minimum absolute atomic E-state index is 0.0935. The van der Waals surface area contributed by atoms with Crippen molar-refractivity contribution >= 4 is 12.1 Å². The Balaban J connectivity index is 1.75. The maximum absolute atomic E-state index is 11.6. The van der Waals surface area contributed by atoms with E-state index >= 15 is 0 Å². The first-order valence-corrected chi connectivity index (χ1v) is 6.10. The predicted octanol–water partition coefficient (Wildman–Crippen LogP) is 2.16. The standard InChI is InChI=1S/C15H15N3O/c19-15(9-8-13-5-2-1-3-6-13)18-17-12-14-7-4-10-16-11-14/h1-7,10-12H,8-9H2,(H,18,19). The second kappa shape index (κ2) is 7.06. The lowest BCUT2D eigenvalue weighted by molar-refractivity contribution is -0.121. The maximum Gasteiger partial charge on any atom is 0.240 e. The number of carbonyl (C=O) groups excluding carboxylic acids is 1. The van der Waals surface area contributed by atoms with Crippen molar-refractivity contribution in [3.8, 4) is 0 Å². The average Bonchev–Trinajstić information content (AvgIpc) is 2.47. The monoisotopic (exact) mass is 253 g/mol. The van der Waals surface area contributed by atoms with E-state index < -0.39 is 0 Å². The van der Waals surface area contributed by atoms with E-state index in [0.29, 0.717) is 6.42 Å². The molecule has 4 heteroatoms. The number of hydrogen-bond acceptors (Lipinski definition) is 3. The lowest BCUT2D eigenvalue weighted by Gasteiger charge is -2.00. The van der Waals surface area contributed by atoms with Crippen molar-refractivity contribution in [1.82, 2.24) is 10.4 Å². The zero-order chi connectivity index (χ0) is 13.3. The summed E-state index contributed by atoms with van der Waals surface area (Å²) >= 11 is 0. The van der Waals surface area contributed by atoms with E-state index in [4.69, 9.17) is 0 Å². The fourth-order valence-electron chi connectivity index (χ4n) is 1.59.